The number of nitrogens with one attached hydrogen (secondary N) is 1. The van der Waals surface area contributed by atoms with Gasteiger partial charge in [0.15, 0.2) is 4.96 Å². The number of aromatic nitrogens is 2. The minimum atomic E-state index is -0.290. The highest BCUT2D eigenvalue weighted by molar-refractivity contribution is 7.15. The van der Waals surface area contributed by atoms with Crippen molar-refractivity contribution < 1.29 is 9.18 Å². The zero-order chi connectivity index (χ0) is 17.9. The lowest BCUT2D eigenvalue weighted by molar-refractivity contribution is -0.116. The van der Waals surface area contributed by atoms with Gasteiger partial charge in [0.1, 0.15) is 5.82 Å². The summed E-state index contributed by atoms with van der Waals surface area (Å²) in [6, 6.07) is 16.0. The molecule has 4 nitrogen and oxygen atoms in total. The molecule has 4 aromatic rings. The van der Waals surface area contributed by atoms with Crippen molar-refractivity contribution in [2.24, 2.45) is 0 Å². The molecule has 1 amide bonds. The Labute approximate surface area is 153 Å². The number of benzene rings is 2. The monoisotopic (exact) mass is 365 g/mol. The number of carbonyl (C=O) groups excluding carboxylic acids is 1. The third kappa shape index (κ3) is 3.36. The van der Waals surface area contributed by atoms with Crippen LogP contribution in [0.2, 0.25) is 0 Å². The first-order valence-corrected chi connectivity index (χ1v) is 9.14. The molecule has 0 spiro atoms. The lowest BCUT2D eigenvalue weighted by Gasteiger charge is -2.04. The van der Waals surface area contributed by atoms with Crippen molar-refractivity contribution in [3.8, 4) is 11.3 Å². The zero-order valence-corrected chi connectivity index (χ0v) is 14.7. The molecule has 4 rings (SSSR count). The maximum atomic E-state index is 14.0. The summed E-state index contributed by atoms with van der Waals surface area (Å²) < 4.78 is 15.9. The van der Waals surface area contributed by atoms with Crippen LogP contribution in [0.15, 0.2) is 66.2 Å². The predicted octanol–water partition coefficient (Wildman–Crippen LogP) is 4.77. The van der Waals surface area contributed by atoms with Crippen LogP contribution in [-0.2, 0) is 11.2 Å². The van der Waals surface area contributed by atoms with E-state index in [-0.39, 0.29) is 11.7 Å². The van der Waals surface area contributed by atoms with Crippen molar-refractivity contribution in [2.45, 2.75) is 12.8 Å². The van der Waals surface area contributed by atoms with Gasteiger partial charge < -0.3 is 5.32 Å². The molecule has 0 fully saturated rings. The number of amides is 1. The Bertz CT molecular complexity index is 1060. The average molecular weight is 365 g/mol. The van der Waals surface area contributed by atoms with Gasteiger partial charge in [0.2, 0.25) is 5.91 Å². The zero-order valence-electron chi connectivity index (χ0n) is 13.9. The van der Waals surface area contributed by atoms with Crippen LogP contribution in [0.25, 0.3) is 16.2 Å². The van der Waals surface area contributed by atoms with Crippen LogP contribution in [0.1, 0.15) is 12.1 Å². The number of rotatable bonds is 5. The number of thiazole rings is 1. The number of hydrogen-bond acceptors (Lipinski definition) is 3. The second-order valence-corrected chi connectivity index (χ2v) is 6.74. The number of aryl methyl sites for hydroxylation is 1. The maximum absolute atomic E-state index is 14.0. The largest absolute Gasteiger partial charge is 0.326 e. The van der Waals surface area contributed by atoms with Crippen molar-refractivity contribution >= 4 is 27.9 Å². The Morgan fingerprint density at radius 1 is 1.12 bits per heavy atom. The number of hydrogen-bond donors (Lipinski definition) is 1. The number of fused-ring (bicyclic) bond motifs is 1. The highest BCUT2D eigenvalue weighted by Crippen LogP contribution is 2.26. The summed E-state index contributed by atoms with van der Waals surface area (Å²) in [5.41, 5.74) is 2.86. The third-order valence-electron chi connectivity index (χ3n) is 4.10. The molecule has 0 saturated heterocycles. The van der Waals surface area contributed by atoms with E-state index in [1.54, 1.807) is 18.2 Å². The van der Waals surface area contributed by atoms with Crippen LogP contribution < -0.4 is 5.32 Å². The summed E-state index contributed by atoms with van der Waals surface area (Å²) in [7, 11) is 0. The molecular weight excluding hydrogens is 349 g/mol. The number of para-hydroxylation sites is 1. The van der Waals surface area contributed by atoms with Gasteiger partial charge in [0.05, 0.1) is 5.69 Å². The predicted molar refractivity (Wildman–Crippen MR) is 102 cm³/mol. The highest BCUT2D eigenvalue weighted by Gasteiger charge is 2.13. The topological polar surface area (TPSA) is 46.4 Å². The first-order chi connectivity index (χ1) is 12.7. The molecule has 0 atom stereocenters. The molecule has 0 aliphatic heterocycles. The highest BCUT2D eigenvalue weighted by atomic mass is 32.1. The van der Waals surface area contributed by atoms with Crippen LogP contribution in [0.4, 0.5) is 10.1 Å². The van der Waals surface area contributed by atoms with Crippen LogP contribution in [-0.4, -0.2) is 15.3 Å². The van der Waals surface area contributed by atoms with Gasteiger partial charge in [-0.25, -0.2) is 9.37 Å². The van der Waals surface area contributed by atoms with E-state index in [4.69, 9.17) is 0 Å². The third-order valence-corrected chi connectivity index (χ3v) is 4.99. The fourth-order valence-corrected chi connectivity index (χ4v) is 3.70. The maximum Gasteiger partial charge on any atom is 0.224 e. The molecule has 2 heterocycles. The van der Waals surface area contributed by atoms with Gasteiger partial charge in [-0.2, -0.15) is 0 Å². The number of nitrogens with zero attached hydrogens (tertiary/aromatic N) is 2. The fraction of sp³-hybridized carbons (Fsp3) is 0.100. The van der Waals surface area contributed by atoms with Crippen molar-refractivity contribution in [1.29, 1.82) is 0 Å². The second-order valence-electron chi connectivity index (χ2n) is 5.90. The molecule has 0 aliphatic carbocycles. The Hall–Kier alpha value is -2.99. The second kappa shape index (κ2) is 7.09. The van der Waals surface area contributed by atoms with Gasteiger partial charge in [-0.3, -0.25) is 9.20 Å². The van der Waals surface area contributed by atoms with Gasteiger partial charge in [-0.1, -0.05) is 30.3 Å². The van der Waals surface area contributed by atoms with E-state index in [0.29, 0.717) is 24.1 Å². The molecule has 0 unspecified atom stereocenters. The van der Waals surface area contributed by atoms with Crippen LogP contribution >= 0.6 is 11.3 Å². The van der Waals surface area contributed by atoms with Gasteiger partial charge in [-0.05, 0) is 30.7 Å². The van der Waals surface area contributed by atoms with Crippen molar-refractivity contribution in [3.05, 3.63) is 77.7 Å². The van der Waals surface area contributed by atoms with Crippen LogP contribution in [0, 0.1) is 5.82 Å². The smallest absolute Gasteiger partial charge is 0.224 e. The summed E-state index contributed by atoms with van der Waals surface area (Å²) in [4.78, 5) is 17.4. The Balaban J connectivity index is 1.49. The molecular formula is C20H16FN3OS. The standard InChI is InChI=1S/C20H16FN3OS/c21-17-9-5-4-8-16(17)18-12-24-15(13-26-20(24)23-18)10-11-19(25)22-14-6-2-1-3-7-14/h1-9,12-13H,10-11H2,(H,22,25). The first-order valence-electron chi connectivity index (χ1n) is 8.26. The van der Waals surface area contributed by atoms with E-state index in [2.05, 4.69) is 10.3 Å². The molecule has 0 radical (unpaired) electrons. The number of carbonyl (C=O) groups is 1. The first kappa shape index (κ1) is 16.5. The summed E-state index contributed by atoms with van der Waals surface area (Å²) in [5.74, 6) is -0.327. The minimum Gasteiger partial charge on any atom is -0.326 e. The molecule has 2 aromatic carbocycles. The average Bonchev–Trinajstić information content (AvgIpc) is 3.22. The molecule has 0 bridgehead atoms. The lowest BCUT2D eigenvalue weighted by atomic mass is 10.1. The number of imidazole rings is 1. The summed E-state index contributed by atoms with van der Waals surface area (Å²) in [5, 5.41) is 4.87. The van der Waals surface area contributed by atoms with Gasteiger partial charge >= 0.3 is 0 Å². The normalized spacial score (nSPS) is 11.0. The van der Waals surface area contributed by atoms with Crippen molar-refractivity contribution in [2.75, 3.05) is 5.32 Å². The van der Waals surface area contributed by atoms with E-state index in [1.165, 1.54) is 17.4 Å². The molecule has 0 saturated carbocycles. The van der Waals surface area contributed by atoms with Gasteiger partial charge in [0.25, 0.3) is 0 Å². The minimum absolute atomic E-state index is 0.0370. The van der Waals surface area contributed by atoms with E-state index >= 15 is 0 Å². The summed E-state index contributed by atoms with van der Waals surface area (Å²) in [6.45, 7) is 0. The molecule has 1 N–H and O–H groups in total. The van der Waals surface area contributed by atoms with Gasteiger partial charge in [-0.15, -0.1) is 11.3 Å². The van der Waals surface area contributed by atoms with Crippen LogP contribution in [0.3, 0.4) is 0 Å². The van der Waals surface area contributed by atoms with Crippen molar-refractivity contribution in [1.82, 2.24) is 9.38 Å². The quantitative estimate of drug-likeness (QED) is 0.554. The summed E-state index contributed by atoms with van der Waals surface area (Å²) >= 11 is 1.49. The number of anilines is 1. The Morgan fingerprint density at radius 3 is 2.69 bits per heavy atom. The van der Waals surface area contributed by atoms with Crippen molar-refractivity contribution in [3.63, 3.8) is 0 Å². The fourth-order valence-electron chi connectivity index (χ4n) is 2.79. The lowest BCUT2D eigenvalue weighted by Crippen LogP contribution is -2.12. The molecule has 2 aromatic heterocycles. The van der Waals surface area contributed by atoms with E-state index < -0.39 is 0 Å². The Kier molecular flexibility index (Phi) is 4.50. The Morgan fingerprint density at radius 2 is 1.88 bits per heavy atom. The van der Waals surface area contributed by atoms with E-state index in [1.807, 2.05) is 46.3 Å². The SMILES string of the molecule is O=C(CCc1csc2nc(-c3ccccc3F)cn12)Nc1ccccc1. The van der Waals surface area contributed by atoms with Gasteiger partial charge in [0, 0.05) is 34.9 Å². The molecule has 26 heavy (non-hydrogen) atoms. The number of halogens is 1. The van der Waals surface area contributed by atoms with E-state index in [9.17, 15) is 9.18 Å². The molecule has 130 valence electrons. The molecule has 6 heteroatoms. The van der Waals surface area contributed by atoms with Crippen LogP contribution in [0.5, 0.6) is 0 Å². The molecule has 0 aliphatic rings. The summed E-state index contributed by atoms with van der Waals surface area (Å²) in [6.07, 6.45) is 2.79. The van der Waals surface area contributed by atoms with E-state index in [0.717, 1.165) is 16.3 Å².